The molecule has 0 fully saturated rings. The summed E-state index contributed by atoms with van der Waals surface area (Å²) in [6.07, 6.45) is 16.0. The van der Waals surface area contributed by atoms with Crippen LogP contribution in [0.15, 0.2) is 91.1 Å². The predicted octanol–water partition coefficient (Wildman–Crippen LogP) is 10.1. The third-order valence-corrected chi connectivity index (χ3v) is 7.89. The van der Waals surface area contributed by atoms with Crippen molar-refractivity contribution >= 4 is 23.2 Å². The van der Waals surface area contributed by atoms with Crippen LogP contribution >= 0.6 is 0 Å². The summed E-state index contributed by atoms with van der Waals surface area (Å²) in [7, 11) is 0. The number of nitrogens with zero attached hydrogens (tertiary/aromatic N) is 1. The molecule has 4 rings (SSSR count). The van der Waals surface area contributed by atoms with Gasteiger partial charge < -0.3 is 13.9 Å². The van der Waals surface area contributed by atoms with Crippen LogP contribution in [0.1, 0.15) is 128 Å². The average molecular weight is 626 g/mol. The van der Waals surface area contributed by atoms with Gasteiger partial charge in [-0.25, -0.2) is 9.59 Å². The van der Waals surface area contributed by atoms with Crippen molar-refractivity contribution in [3.8, 4) is 0 Å². The maximum Gasteiger partial charge on any atom is 0.339 e. The van der Waals surface area contributed by atoms with Gasteiger partial charge in [-0.3, -0.25) is 4.79 Å². The first-order valence-electron chi connectivity index (χ1n) is 17.1. The molecule has 0 aliphatic carbocycles. The molecule has 6 nitrogen and oxygen atoms in total. The van der Waals surface area contributed by atoms with E-state index in [4.69, 9.17) is 9.47 Å². The predicted molar refractivity (Wildman–Crippen MR) is 186 cm³/mol. The van der Waals surface area contributed by atoms with Crippen molar-refractivity contribution in [3.05, 3.63) is 114 Å². The fraction of sp³-hybridized carbons (Fsp3) is 0.425. The second-order valence-electron chi connectivity index (χ2n) is 11.7. The number of hydrogen-bond acceptors (Lipinski definition) is 5. The third kappa shape index (κ3) is 12.7. The quantitative estimate of drug-likeness (QED) is 0.0589. The van der Waals surface area contributed by atoms with Crippen molar-refractivity contribution in [2.24, 2.45) is 0 Å². The minimum absolute atomic E-state index is 0.146. The number of rotatable bonds is 19. The zero-order valence-corrected chi connectivity index (χ0v) is 27.8. The maximum absolute atomic E-state index is 12.4. The minimum Gasteiger partial charge on any atom is -0.462 e. The summed E-state index contributed by atoms with van der Waals surface area (Å²) in [6.45, 7) is 5.17. The Kier molecular flexibility index (Phi) is 17.0. The summed E-state index contributed by atoms with van der Waals surface area (Å²) in [5.74, 6) is -0.742. The van der Waals surface area contributed by atoms with Gasteiger partial charge in [0.2, 0.25) is 0 Å². The van der Waals surface area contributed by atoms with E-state index in [-0.39, 0.29) is 5.78 Å². The van der Waals surface area contributed by atoms with Crippen LogP contribution in [0, 0.1) is 0 Å². The minimum atomic E-state index is -0.444. The molecule has 6 heteroatoms. The van der Waals surface area contributed by atoms with Gasteiger partial charge in [-0.05, 0) is 54.8 Å². The van der Waals surface area contributed by atoms with E-state index in [2.05, 4.69) is 13.8 Å². The number of hydrogen-bond donors (Lipinski definition) is 0. The molecule has 2 aromatic heterocycles. The second kappa shape index (κ2) is 21.5. The van der Waals surface area contributed by atoms with E-state index in [9.17, 15) is 14.4 Å². The molecule has 46 heavy (non-hydrogen) atoms. The molecule has 2 heterocycles. The lowest BCUT2D eigenvalue weighted by Crippen LogP contribution is -2.15. The molecule has 0 aliphatic heterocycles. The van der Waals surface area contributed by atoms with Gasteiger partial charge in [0.1, 0.15) is 0 Å². The van der Waals surface area contributed by atoms with Crippen LogP contribution in [0.4, 0.5) is 0 Å². The smallest absolute Gasteiger partial charge is 0.339 e. The van der Waals surface area contributed by atoms with E-state index in [1.165, 1.54) is 51.4 Å². The molecule has 0 spiro atoms. The lowest BCUT2D eigenvalue weighted by atomic mass is 10.1. The van der Waals surface area contributed by atoms with Gasteiger partial charge >= 0.3 is 11.9 Å². The van der Waals surface area contributed by atoms with Crippen molar-refractivity contribution in [2.75, 3.05) is 13.2 Å². The fourth-order valence-electron chi connectivity index (χ4n) is 5.24. The summed E-state index contributed by atoms with van der Waals surface area (Å²) in [6, 6.07) is 26.3. The number of ketones is 1. The standard InChI is InChI=1S/C24H38O4.C16H13NO/c1-3-5-7-9-11-15-19-27-23(25)21-17-13-14-18-22(21)24(26)28-20-16-12-10-8-6-4-2;18-16(12-13-6-2-1-3-7-13)15-10-9-14-8-4-5-11-17(14)15/h13-14,17-18H,3-12,15-16,19-20H2,1-2H3;1-11H,12H2. The highest BCUT2D eigenvalue weighted by molar-refractivity contribution is 6.03. The number of aromatic nitrogens is 1. The Hall–Kier alpha value is -4.19. The number of carbonyl (C=O) groups excluding carboxylic acids is 3. The molecular formula is C40H51NO5. The summed E-state index contributed by atoms with van der Waals surface area (Å²) >= 11 is 0. The van der Waals surface area contributed by atoms with Gasteiger partial charge in [-0.2, -0.15) is 0 Å². The molecule has 0 N–H and O–H groups in total. The molecule has 0 radical (unpaired) electrons. The van der Waals surface area contributed by atoms with Gasteiger partial charge in [-0.15, -0.1) is 0 Å². The van der Waals surface area contributed by atoms with Crippen LogP contribution in [0.5, 0.6) is 0 Å². The Labute approximate surface area is 275 Å². The molecule has 0 amide bonds. The molecule has 0 unspecified atom stereocenters. The Morgan fingerprint density at radius 1 is 0.543 bits per heavy atom. The molecule has 4 aromatic rings. The number of carbonyl (C=O) groups is 3. The van der Waals surface area contributed by atoms with Crippen molar-refractivity contribution in [3.63, 3.8) is 0 Å². The molecule has 0 aliphatic rings. The monoisotopic (exact) mass is 625 g/mol. The van der Waals surface area contributed by atoms with Crippen molar-refractivity contribution in [2.45, 2.75) is 97.3 Å². The van der Waals surface area contributed by atoms with Gasteiger partial charge in [0.15, 0.2) is 5.78 Å². The second-order valence-corrected chi connectivity index (χ2v) is 11.7. The number of pyridine rings is 1. The van der Waals surface area contributed by atoms with E-state index < -0.39 is 11.9 Å². The number of esters is 2. The summed E-state index contributed by atoms with van der Waals surface area (Å²) in [4.78, 5) is 37.0. The average Bonchev–Trinajstić information content (AvgIpc) is 3.53. The van der Waals surface area contributed by atoms with Crippen LogP contribution in [0.25, 0.3) is 5.52 Å². The highest BCUT2D eigenvalue weighted by Crippen LogP contribution is 2.15. The number of ether oxygens (including phenoxy) is 2. The van der Waals surface area contributed by atoms with Crippen LogP contribution in [-0.2, 0) is 15.9 Å². The van der Waals surface area contributed by atoms with E-state index in [1.807, 2.05) is 71.3 Å². The highest BCUT2D eigenvalue weighted by Gasteiger charge is 2.19. The molecule has 0 saturated heterocycles. The van der Waals surface area contributed by atoms with Crippen LogP contribution in [0.3, 0.4) is 0 Å². The molecule has 2 aromatic carbocycles. The molecule has 0 atom stereocenters. The first kappa shape index (κ1) is 36.3. The number of fused-ring (bicyclic) bond motifs is 1. The third-order valence-electron chi connectivity index (χ3n) is 7.89. The van der Waals surface area contributed by atoms with E-state index in [0.29, 0.717) is 30.8 Å². The van der Waals surface area contributed by atoms with Crippen molar-refractivity contribution in [1.82, 2.24) is 4.40 Å². The Balaban J connectivity index is 0.000000272. The SMILES string of the molecule is CCCCCCCCOC(=O)c1ccccc1C(=O)OCCCCCCCC.O=C(Cc1ccccc1)c1ccc2ccccn12. The Bertz CT molecular complexity index is 1410. The number of benzene rings is 2. The summed E-state index contributed by atoms with van der Waals surface area (Å²) in [5, 5.41) is 0. The zero-order valence-electron chi connectivity index (χ0n) is 27.8. The Morgan fingerprint density at radius 3 is 1.61 bits per heavy atom. The van der Waals surface area contributed by atoms with E-state index in [1.54, 1.807) is 24.3 Å². The molecule has 246 valence electrons. The van der Waals surface area contributed by atoms with Crippen molar-refractivity contribution < 1.29 is 23.9 Å². The topological polar surface area (TPSA) is 74.1 Å². The van der Waals surface area contributed by atoms with E-state index >= 15 is 0 Å². The Morgan fingerprint density at radius 2 is 1.04 bits per heavy atom. The van der Waals surface area contributed by atoms with Crippen molar-refractivity contribution in [1.29, 1.82) is 0 Å². The van der Waals surface area contributed by atoms with Gasteiger partial charge in [0.25, 0.3) is 0 Å². The van der Waals surface area contributed by atoms with Crippen LogP contribution in [0.2, 0.25) is 0 Å². The van der Waals surface area contributed by atoms with Crippen LogP contribution in [-0.4, -0.2) is 35.3 Å². The molecule has 0 saturated carbocycles. The largest absolute Gasteiger partial charge is 0.462 e. The van der Waals surface area contributed by atoms with Gasteiger partial charge in [0, 0.05) is 18.1 Å². The zero-order chi connectivity index (χ0) is 32.8. The van der Waals surface area contributed by atoms with Gasteiger partial charge in [0.05, 0.1) is 30.0 Å². The summed E-state index contributed by atoms with van der Waals surface area (Å²) in [5.41, 5.74) is 3.43. The van der Waals surface area contributed by atoms with E-state index in [0.717, 1.165) is 42.5 Å². The van der Waals surface area contributed by atoms with Gasteiger partial charge in [-0.1, -0.05) is 127 Å². The lowest BCUT2D eigenvalue weighted by Gasteiger charge is -2.10. The molecule has 0 bridgehead atoms. The van der Waals surface area contributed by atoms with Crippen LogP contribution < -0.4 is 0 Å². The first-order chi connectivity index (χ1) is 22.5. The normalized spacial score (nSPS) is 10.7. The maximum atomic E-state index is 12.4. The fourth-order valence-corrected chi connectivity index (χ4v) is 5.24. The highest BCUT2D eigenvalue weighted by atomic mass is 16.5. The molecular weight excluding hydrogens is 574 g/mol. The lowest BCUT2D eigenvalue weighted by molar-refractivity contribution is 0.0450. The first-order valence-corrected chi connectivity index (χ1v) is 17.1. The summed E-state index contributed by atoms with van der Waals surface area (Å²) < 4.78 is 12.7. The number of Topliss-reactive ketones (excluding diaryl/α,β-unsaturated/α-hetero) is 1. The number of unbranched alkanes of at least 4 members (excludes halogenated alkanes) is 10.